The summed E-state index contributed by atoms with van der Waals surface area (Å²) in [5, 5.41) is 0. The molecule has 1 nitrogen and oxygen atoms in total. The van der Waals surface area contributed by atoms with Crippen molar-refractivity contribution in [3.63, 3.8) is 0 Å². The van der Waals surface area contributed by atoms with Crippen LogP contribution in [0.25, 0.3) is 0 Å². The van der Waals surface area contributed by atoms with Crippen LogP contribution in [0.3, 0.4) is 0 Å². The third-order valence-corrected chi connectivity index (χ3v) is 4.15. The van der Waals surface area contributed by atoms with Crippen molar-refractivity contribution >= 4 is 0 Å². The molecule has 0 spiro atoms. The van der Waals surface area contributed by atoms with Gasteiger partial charge in [0.25, 0.3) is 0 Å². The molecule has 1 fully saturated rings. The van der Waals surface area contributed by atoms with E-state index in [1.165, 1.54) is 18.2 Å². The number of nitrogens with two attached hydrogens (primary N) is 1. The molecular formula is C15H21F2N. The number of benzene rings is 1. The van der Waals surface area contributed by atoms with Crippen LogP contribution in [0.5, 0.6) is 0 Å². The molecule has 3 heteroatoms. The molecule has 100 valence electrons. The molecule has 0 heterocycles. The van der Waals surface area contributed by atoms with E-state index in [-0.39, 0.29) is 23.1 Å². The van der Waals surface area contributed by atoms with Gasteiger partial charge in [-0.1, -0.05) is 20.3 Å². The number of hydrogen-bond acceptors (Lipinski definition) is 1. The van der Waals surface area contributed by atoms with E-state index in [0.29, 0.717) is 11.5 Å². The highest BCUT2D eigenvalue weighted by atomic mass is 19.1. The van der Waals surface area contributed by atoms with E-state index in [9.17, 15) is 8.78 Å². The maximum absolute atomic E-state index is 14.0. The number of rotatable bonds is 4. The Kier molecular flexibility index (Phi) is 3.71. The first-order valence-electron chi connectivity index (χ1n) is 6.67. The van der Waals surface area contributed by atoms with Gasteiger partial charge < -0.3 is 5.73 Å². The smallest absolute Gasteiger partial charge is 0.127 e. The lowest BCUT2D eigenvalue weighted by molar-refractivity contribution is 0.172. The molecule has 1 saturated carbocycles. The molecule has 1 aromatic carbocycles. The first kappa shape index (κ1) is 13.5. The summed E-state index contributed by atoms with van der Waals surface area (Å²) in [4.78, 5) is 0. The minimum atomic E-state index is -0.380. The van der Waals surface area contributed by atoms with Crippen molar-refractivity contribution in [2.45, 2.75) is 51.0 Å². The van der Waals surface area contributed by atoms with Gasteiger partial charge in [0, 0.05) is 11.5 Å². The fraction of sp³-hybridized carbons (Fsp3) is 0.600. The van der Waals surface area contributed by atoms with Gasteiger partial charge in [-0.15, -0.1) is 0 Å². The van der Waals surface area contributed by atoms with Gasteiger partial charge in [-0.05, 0) is 48.9 Å². The Morgan fingerprint density at radius 3 is 2.44 bits per heavy atom. The zero-order valence-corrected chi connectivity index (χ0v) is 11.0. The van der Waals surface area contributed by atoms with E-state index >= 15 is 0 Å². The zero-order chi connectivity index (χ0) is 13.3. The summed E-state index contributed by atoms with van der Waals surface area (Å²) in [6, 6.07) is 3.61. The lowest BCUT2D eigenvalue weighted by Crippen LogP contribution is -2.51. The third-order valence-electron chi connectivity index (χ3n) is 4.15. The highest BCUT2D eigenvalue weighted by molar-refractivity contribution is 5.32. The topological polar surface area (TPSA) is 26.0 Å². The van der Waals surface area contributed by atoms with Crippen LogP contribution in [0.1, 0.15) is 45.1 Å². The van der Waals surface area contributed by atoms with Crippen molar-refractivity contribution in [3.8, 4) is 0 Å². The highest BCUT2D eigenvalue weighted by Gasteiger charge is 2.45. The van der Waals surface area contributed by atoms with Crippen LogP contribution in [0.4, 0.5) is 8.78 Å². The van der Waals surface area contributed by atoms with Crippen molar-refractivity contribution in [3.05, 3.63) is 35.4 Å². The summed E-state index contributed by atoms with van der Waals surface area (Å²) in [5.74, 6) is -0.237. The Morgan fingerprint density at radius 2 is 1.94 bits per heavy atom. The van der Waals surface area contributed by atoms with Crippen LogP contribution >= 0.6 is 0 Å². The molecule has 18 heavy (non-hydrogen) atoms. The fourth-order valence-corrected chi connectivity index (χ4v) is 3.01. The van der Waals surface area contributed by atoms with Gasteiger partial charge in [0.2, 0.25) is 0 Å². The molecule has 0 amide bonds. The lowest BCUT2D eigenvalue weighted by Gasteiger charge is -2.47. The molecule has 1 aromatic rings. The molecule has 0 saturated heterocycles. The van der Waals surface area contributed by atoms with Crippen molar-refractivity contribution in [1.29, 1.82) is 0 Å². The maximum Gasteiger partial charge on any atom is 0.127 e. The van der Waals surface area contributed by atoms with Crippen LogP contribution < -0.4 is 5.73 Å². The van der Waals surface area contributed by atoms with Gasteiger partial charge in [0.15, 0.2) is 0 Å². The van der Waals surface area contributed by atoms with Gasteiger partial charge in [-0.2, -0.15) is 0 Å². The van der Waals surface area contributed by atoms with Crippen molar-refractivity contribution in [2.75, 3.05) is 0 Å². The summed E-state index contributed by atoms with van der Waals surface area (Å²) in [5.41, 5.74) is 6.40. The van der Waals surface area contributed by atoms with Gasteiger partial charge in [0.05, 0.1) is 0 Å². The molecule has 0 bridgehead atoms. The molecule has 0 aromatic heterocycles. The van der Waals surface area contributed by atoms with E-state index in [4.69, 9.17) is 5.73 Å². The Bertz CT molecular complexity index is 425. The molecule has 1 atom stereocenters. The van der Waals surface area contributed by atoms with Gasteiger partial charge >= 0.3 is 0 Å². The van der Waals surface area contributed by atoms with E-state index in [1.807, 2.05) is 0 Å². The normalized spacial score (nSPS) is 19.7. The second kappa shape index (κ2) is 4.96. The van der Waals surface area contributed by atoms with Crippen LogP contribution in [0.2, 0.25) is 0 Å². The fourth-order valence-electron chi connectivity index (χ4n) is 3.01. The molecule has 0 radical (unpaired) electrons. The van der Waals surface area contributed by atoms with E-state index in [2.05, 4.69) is 13.8 Å². The summed E-state index contributed by atoms with van der Waals surface area (Å²) in [7, 11) is 0. The summed E-state index contributed by atoms with van der Waals surface area (Å²) >= 11 is 0. The van der Waals surface area contributed by atoms with Gasteiger partial charge in [-0.3, -0.25) is 0 Å². The van der Waals surface area contributed by atoms with Crippen LogP contribution in [0.15, 0.2) is 18.2 Å². The number of hydrogen-bond donors (Lipinski definition) is 1. The quantitative estimate of drug-likeness (QED) is 0.868. The standard InChI is InChI=1S/C15H21F2N/c1-10(2)8-14(18)15(6-3-7-15)12-9-11(16)4-5-13(12)17/h4-5,9-10,14H,3,6-8,18H2,1-2H3. The lowest BCUT2D eigenvalue weighted by atomic mass is 9.59. The monoisotopic (exact) mass is 253 g/mol. The minimum Gasteiger partial charge on any atom is -0.327 e. The van der Waals surface area contributed by atoms with Crippen LogP contribution in [-0.2, 0) is 5.41 Å². The second-order valence-electron chi connectivity index (χ2n) is 5.87. The Morgan fingerprint density at radius 1 is 1.28 bits per heavy atom. The Balaban J connectivity index is 2.34. The highest BCUT2D eigenvalue weighted by Crippen LogP contribution is 2.48. The molecule has 1 aliphatic carbocycles. The Hall–Kier alpha value is -0.960. The van der Waals surface area contributed by atoms with Crippen LogP contribution in [0, 0.1) is 17.6 Å². The third kappa shape index (κ3) is 2.28. The molecule has 0 aliphatic heterocycles. The predicted molar refractivity (Wildman–Crippen MR) is 69.3 cm³/mol. The first-order valence-corrected chi connectivity index (χ1v) is 6.67. The molecule has 2 N–H and O–H groups in total. The molecule has 1 aliphatic rings. The molecule has 2 rings (SSSR count). The van der Waals surface area contributed by atoms with E-state index in [1.54, 1.807) is 0 Å². The van der Waals surface area contributed by atoms with E-state index < -0.39 is 0 Å². The number of halogens is 2. The summed E-state index contributed by atoms with van der Waals surface area (Å²) in [6.45, 7) is 4.21. The summed E-state index contributed by atoms with van der Waals surface area (Å²) in [6.07, 6.45) is 3.61. The first-order chi connectivity index (χ1) is 8.45. The van der Waals surface area contributed by atoms with Gasteiger partial charge in [0.1, 0.15) is 11.6 Å². The second-order valence-corrected chi connectivity index (χ2v) is 5.87. The maximum atomic E-state index is 14.0. The van der Waals surface area contributed by atoms with Crippen molar-refractivity contribution < 1.29 is 8.78 Å². The largest absolute Gasteiger partial charge is 0.327 e. The predicted octanol–water partition coefficient (Wildman–Crippen LogP) is 3.76. The average molecular weight is 253 g/mol. The Labute approximate surface area is 107 Å². The molecule has 1 unspecified atom stereocenters. The SMILES string of the molecule is CC(C)CC(N)C1(c2cc(F)ccc2F)CCC1. The van der Waals surface area contributed by atoms with Crippen LogP contribution in [-0.4, -0.2) is 6.04 Å². The minimum absolute atomic E-state index is 0.0949. The zero-order valence-electron chi connectivity index (χ0n) is 11.0. The van der Waals surface area contributed by atoms with Crippen molar-refractivity contribution in [2.24, 2.45) is 11.7 Å². The summed E-state index contributed by atoms with van der Waals surface area (Å²) < 4.78 is 27.3. The van der Waals surface area contributed by atoms with Crippen molar-refractivity contribution in [1.82, 2.24) is 0 Å². The molecular weight excluding hydrogens is 232 g/mol. The van der Waals surface area contributed by atoms with E-state index in [0.717, 1.165) is 25.7 Å². The average Bonchev–Trinajstić information content (AvgIpc) is 2.20. The van der Waals surface area contributed by atoms with Gasteiger partial charge in [-0.25, -0.2) is 8.78 Å².